The number of esters is 1. The van der Waals surface area contributed by atoms with Gasteiger partial charge >= 0.3 is 11.9 Å². The third-order valence-electron chi connectivity index (χ3n) is 2.91. The average Bonchev–Trinajstić information content (AvgIpc) is 2.54. The lowest BCUT2D eigenvalue weighted by Crippen LogP contribution is -2.02. The molecule has 2 aromatic rings. The van der Waals surface area contributed by atoms with Crippen molar-refractivity contribution in [2.24, 2.45) is 0 Å². The molecule has 0 atom stereocenters. The molecule has 1 N–H and O–H groups in total. The lowest BCUT2D eigenvalue weighted by molar-refractivity contribution is 0.0599. The first-order valence-corrected chi connectivity index (χ1v) is 6.32. The van der Waals surface area contributed by atoms with Gasteiger partial charge in [0.05, 0.1) is 25.3 Å². The molecular formula is C16H14O6. The van der Waals surface area contributed by atoms with Crippen LogP contribution in [0.15, 0.2) is 42.5 Å². The Bertz CT molecular complexity index is 690. The summed E-state index contributed by atoms with van der Waals surface area (Å²) in [5.41, 5.74) is 0.475. The Morgan fingerprint density at radius 3 is 2.09 bits per heavy atom. The van der Waals surface area contributed by atoms with Gasteiger partial charge in [0.1, 0.15) is 5.75 Å². The SMILES string of the molecule is COC(=O)c1ccc(OC)c(Oc2ccc(C(=O)O)cc2)c1. The molecule has 0 bridgehead atoms. The zero-order valence-corrected chi connectivity index (χ0v) is 12.0. The maximum absolute atomic E-state index is 11.6. The summed E-state index contributed by atoms with van der Waals surface area (Å²) in [5.74, 6) is -0.320. The maximum Gasteiger partial charge on any atom is 0.337 e. The first-order chi connectivity index (χ1) is 10.5. The standard InChI is InChI=1S/C16H14O6/c1-20-13-8-5-11(16(19)21-2)9-14(13)22-12-6-3-10(4-7-12)15(17)18/h3-9H,1-2H3,(H,17,18). The summed E-state index contributed by atoms with van der Waals surface area (Å²) >= 11 is 0. The minimum atomic E-state index is -1.02. The number of carbonyl (C=O) groups excluding carboxylic acids is 1. The van der Waals surface area contributed by atoms with E-state index in [0.29, 0.717) is 22.8 Å². The number of ether oxygens (including phenoxy) is 3. The van der Waals surface area contributed by atoms with Crippen molar-refractivity contribution in [1.82, 2.24) is 0 Å². The minimum Gasteiger partial charge on any atom is -0.493 e. The maximum atomic E-state index is 11.6. The summed E-state index contributed by atoms with van der Waals surface area (Å²) in [6.07, 6.45) is 0. The van der Waals surface area contributed by atoms with E-state index in [1.807, 2.05) is 0 Å². The highest BCUT2D eigenvalue weighted by molar-refractivity contribution is 5.90. The number of methoxy groups -OCH3 is 2. The van der Waals surface area contributed by atoms with Crippen molar-refractivity contribution in [3.63, 3.8) is 0 Å². The molecule has 22 heavy (non-hydrogen) atoms. The molecule has 2 rings (SSSR count). The second-order valence-electron chi connectivity index (χ2n) is 4.29. The monoisotopic (exact) mass is 302 g/mol. The number of carbonyl (C=O) groups is 2. The molecule has 0 aliphatic carbocycles. The molecule has 0 aliphatic rings. The van der Waals surface area contributed by atoms with Crippen LogP contribution in [0.25, 0.3) is 0 Å². The van der Waals surface area contributed by atoms with Gasteiger partial charge in [0.2, 0.25) is 0 Å². The summed E-state index contributed by atoms with van der Waals surface area (Å²) < 4.78 is 15.5. The number of hydrogen-bond acceptors (Lipinski definition) is 5. The van der Waals surface area contributed by atoms with E-state index in [1.54, 1.807) is 12.1 Å². The number of carboxylic acid groups (broad SMARTS) is 1. The lowest BCUT2D eigenvalue weighted by atomic mass is 10.2. The zero-order chi connectivity index (χ0) is 16.1. The molecule has 0 heterocycles. The fourth-order valence-electron chi connectivity index (χ4n) is 1.79. The summed E-state index contributed by atoms with van der Waals surface area (Å²) in [6.45, 7) is 0. The van der Waals surface area contributed by atoms with Gasteiger partial charge in [0.15, 0.2) is 11.5 Å². The Balaban J connectivity index is 2.30. The van der Waals surface area contributed by atoms with E-state index in [-0.39, 0.29) is 5.56 Å². The van der Waals surface area contributed by atoms with Crippen molar-refractivity contribution in [1.29, 1.82) is 0 Å². The predicted octanol–water partition coefficient (Wildman–Crippen LogP) is 2.97. The predicted molar refractivity (Wildman–Crippen MR) is 77.8 cm³/mol. The van der Waals surface area contributed by atoms with Gasteiger partial charge in [-0.15, -0.1) is 0 Å². The Morgan fingerprint density at radius 1 is 0.909 bits per heavy atom. The number of rotatable bonds is 5. The lowest BCUT2D eigenvalue weighted by Gasteiger charge is -2.11. The highest BCUT2D eigenvalue weighted by Crippen LogP contribution is 2.32. The molecule has 0 fully saturated rings. The Morgan fingerprint density at radius 2 is 1.55 bits per heavy atom. The van der Waals surface area contributed by atoms with Crippen LogP contribution in [-0.2, 0) is 4.74 Å². The molecule has 0 unspecified atom stereocenters. The van der Waals surface area contributed by atoms with Crippen molar-refractivity contribution in [3.8, 4) is 17.2 Å². The van der Waals surface area contributed by atoms with Crippen molar-refractivity contribution < 1.29 is 28.9 Å². The van der Waals surface area contributed by atoms with E-state index < -0.39 is 11.9 Å². The number of benzene rings is 2. The second-order valence-corrected chi connectivity index (χ2v) is 4.29. The Kier molecular flexibility index (Phi) is 4.63. The summed E-state index contributed by atoms with van der Waals surface area (Å²) in [6, 6.07) is 10.5. The van der Waals surface area contributed by atoms with Crippen LogP contribution in [0, 0.1) is 0 Å². The van der Waals surface area contributed by atoms with Crippen LogP contribution in [0.4, 0.5) is 0 Å². The van der Waals surface area contributed by atoms with Gasteiger partial charge in [0, 0.05) is 0 Å². The van der Waals surface area contributed by atoms with Crippen LogP contribution >= 0.6 is 0 Å². The van der Waals surface area contributed by atoms with Crippen molar-refractivity contribution in [2.45, 2.75) is 0 Å². The van der Waals surface area contributed by atoms with Crippen molar-refractivity contribution in [3.05, 3.63) is 53.6 Å². The minimum absolute atomic E-state index is 0.155. The molecule has 2 aromatic carbocycles. The number of carboxylic acids is 1. The van der Waals surface area contributed by atoms with E-state index in [0.717, 1.165) is 0 Å². The smallest absolute Gasteiger partial charge is 0.337 e. The molecule has 0 saturated carbocycles. The quantitative estimate of drug-likeness (QED) is 0.855. The highest BCUT2D eigenvalue weighted by atomic mass is 16.5. The zero-order valence-electron chi connectivity index (χ0n) is 12.0. The summed E-state index contributed by atoms with van der Waals surface area (Å²) in [7, 11) is 2.77. The van der Waals surface area contributed by atoms with Gasteiger partial charge in [-0.2, -0.15) is 0 Å². The van der Waals surface area contributed by atoms with Crippen LogP contribution in [0.3, 0.4) is 0 Å². The van der Waals surface area contributed by atoms with Crippen molar-refractivity contribution >= 4 is 11.9 Å². The first kappa shape index (κ1) is 15.4. The van der Waals surface area contributed by atoms with E-state index in [9.17, 15) is 9.59 Å². The fourth-order valence-corrected chi connectivity index (χ4v) is 1.79. The third-order valence-corrected chi connectivity index (χ3v) is 2.91. The van der Waals surface area contributed by atoms with Crippen molar-refractivity contribution in [2.75, 3.05) is 14.2 Å². The van der Waals surface area contributed by atoms with E-state index >= 15 is 0 Å². The van der Waals surface area contributed by atoms with Gasteiger partial charge in [-0.25, -0.2) is 9.59 Å². The second kappa shape index (κ2) is 6.62. The van der Waals surface area contributed by atoms with Crippen LogP contribution in [0.5, 0.6) is 17.2 Å². The largest absolute Gasteiger partial charge is 0.493 e. The van der Waals surface area contributed by atoms with Gasteiger partial charge in [-0.1, -0.05) is 0 Å². The Hall–Kier alpha value is -3.02. The molecule has 0 amide bonds. The van der Waals surface area contributed by atoms with Gasteiger partial charge < -0.3 is 19.3 Å². The summed E-state index contributed by atoms with van der Waals surface area (Å²) in [4.78, 5) is 22.4. The topological polar surface area (TPSA) is 82.1 Å². The van der Waals surface area contributed by atoms with Crippen LogP contribution in [0.1, 0.15) is 20.7 Å². The molecule has 0 aromatic heterocycles. The van der Waals surface area contributed by atoms with Crippen LogP contribution in [-0.4, -0.2) is 31.3 Å². The molecular weight excluding hydrogens is 288 g/mol. The molecule has 6 heteroatoms. The summed E-state index contributed by atoms with van der Waals surface area (Å²) in [5, 5.41) is 8.86. The fraction of sp³-hybridized carbons (Fsp3) is 0.125. The van der Waals surface area contributed by atoms with Gasteiger partial charge in [-0.05, 0) is 42.5 Å². The normalized spacial score (nSPS) is 9.91. The van der Waals surface area contributed by atoms with Gasteiger partial charge in [0.25, 0.3) is 0 Å². The number of aromatic carboxylic acids is 1. The van der Waals surface area contributed by atoms with Crippen LogP contribution in [0.2, 0.25) is 0 Å². The molecule has 0 radical (unpaired) electrons. The van der Waals surface area contributed by atoms with E-state index in [1.165, 1.54) is 44.6 Å². The molecule has 114 valence electrons. The van der Waals surface area contributed by atoms with Gasteiger partial charge in [-0.3, -0.25) is 0 Å². The average molecular weight is 302 g/mol. The van der Waals surface area contributed by atoms with E-state index in [4.69, 9.17) is 14.6 Å². The molecule has 0 saturated heterocycles. The van der Waals surface area contributed by atoms with Crippen LogP contribution < -0.4 is 9.47 Å². The Labute approximate surface area is 126 Å². The molecule has 0 aliphatic heterocycles. The molecule has 6 nitrogen and oxygen atoms in total. The number of hydrogen-bond donors (Lipinski definition) is 1. The first-order valence-electron chi connectivity index (χ1n) is 6.32. The highest BCUT2D eigenvalue weighted by Gasteiger charge is 2.12. The van der Waals surface area contributed by atoms with E-state index in [2.05, 4.69) is 4.74 Å². The third kappa shape index (κ3) is 3.35. The molecule has 0 spiro atoms.